The minimum atomic E-state index is -0.884. The first kappa shape index (κ1) is 9.39. The predicted molar refractivity (Wildman–Crippen MR) is 34.8 cm³/mol. The summed E-state index contributed by atoms with van der Waals surface area (Å²) in [6, 6.07) is 0. The lowest BCUT2D eigenvalue weighted by atomic mass is 10.4. The smallest absolute Gasteiger partial charge is 0.305 e. The number of rotatable bonds is 5. The van der Waals surface area contributed by atoms with E-state index in [0.717, 1.165) is 0 Å². The van der Waals surface area contributed by atoms with Gasteiger partial charge in [-0.15, -0.1) is 0 Å². The molecule has 1 atom stereocenters. The van der Waals surface area contributed by atoms with Crippen LogP contribution in [0.5, 0.6) is 0 Å². The summed E-state index contributed by atoms with van der Waals surface area (Å²) in [6.07, 6.45) is -0.527. The van der Waals surface area contributed by atoms with Gasteiger partial charge in [-0.3, -0.25) is 4.79 Å². The van der Waals surface area contributed by atoms with Gasteiger partial charge in [0.15, 0.2) is 0 Å². The molecule has 0 amide bonds. The maximum absolute atomic E-state index is 9.90. The molecular weight excluding hydrogens is 136 g/mol. The average molecular weight is 148 g/mol. The second-order valence-electron chi connectivity index (χ2n) is 2.07. The van der Waals surface area contributed by atoms with Crippen LogP contribution in [0.25, 0.3) is 0 Å². The number of aliphatic hydroxyl groups is 1. The Morgan fingerprint density at radius 3 is 2.70 bits per heavy atom. The van der Waals surface area contributed by atoms with Gasteiger partial charge in [0.2, 0.25) is 0 Å². The summed E-state index contributed by atoms with van der Waals surface area (Å²) < 4.78 is 4.78. The van der Waals surface area contributed by atoms with Crippen LogP contribution in [-0.2, 0) is 9.53 Å². The number of carbonyl (C=O) groups is 1. The molecule has 60 valence electrons. The van der Waals surface area contributed by atoms with Crippen molar-refractivity contribution in [3.05, 3.63) is 0 Å². The van der Waals surface area contributed by atoms with Crippen molar-refractivity contribution in [3.8, 4) is 0 Å². The molecule has 0 heterocycles. The molecule has 0 saturated carbocycles. The topological polar surface area (TPSA) is 66.8 Å². The first-order valence-electron chi connectivity index (χ1n) is 3.10. The van der Waals surface area contributed by atoms with Crippen molar-refractivity contribution in [2.45, 2.75) is 19.4 Å². The van der Waals surface area contributed by atoms with E-state index in [4.69, 9.17) is 14.9 Å². The highest BCUT2D eigenvalue weighted by Crippen LogP contribution is 1.85. The van der Waals surface area contributed by atoms with Gasteiger partial charge < -0.3 is 14.9 Å². The first-order chi connectivity index (χ1) is 4.63. The number of aliphatic hydroxyl groups excluding tert-OH is 1. The molecule has 0 bridgehead atoms. The second kappa shape index (κ2) is 5.20. The van der Waals surface area contributed by atoms with Crippen molar-refractivity contribution in [2.24, 2.45) is 0 Å². The van der Waals surface area contributed by atoms with Crippen LogP contribution in [0.1, 0.15) is 13.3 Å². The van der Waals surface area contributed by atoms with E-state index >= 15 is 0 Å². The van der Waals surface area contributed by atoms with Crippen molar-refractivity contribution in [3.63, 3.8) is 0 Å². The summed E-state index contributed by atoms with van der Waals surface area (Å²) in [7, 11) is 0. The van der Waals surface area contributed by atoms with Crippen molar-refractivity contribution in [2.75, 3.05) is 13.2 Å². The Hall–Kier alpha value is -0.610. The predicted octanol–water partition coefficient (Wildman–Crippen LogP) is -0.142. The highest BCUT2D eigenvalue weighted by molar-refractivity contribution is 5.66. The van der Waals surface area contributed by atoms with E-state index in [1.54, 1.807) is 6.92 Å². The average Bonchev–Trinajstić information content (AvgIpc) is 1.79. The van der Waals surface area contributed by atoms with Crippen LogP contribution in [0.15, 0.2) is 0 Å². The monoisotopic (exact) mass is 148 g/mol. The molecule has 0 radical (unpaired) electrons. The highest BCUT2D eigenvalue weighted by atomic mass is 16.5. The summed E-state index contributed by atoms with van der Waals surface area (Å²) in [4.78, 5) is 9.90. The molecule has 0 aromatic rings. The molecular formula is C6H12O4. The molecule has 0 spiro atoms. The Kier molecular flexibility index (Phi) is 4.88. The van der Waals surface area contributed by atoms with Crippen molar-refractivity contribution >= 4 is 5.97 Å². The molecule has 4 nitrogen and oxygen atoms in total. The van der Waals surface area contributed by atoms with Crippen molar-refractivity contribution < 1.29 is 19.7 Å². The van der Waals surface area contributed by atoms with Gasteiger partial charge in [-0.1, -0.05) is 0 Å². The van der Waals surface area contributed by atoms with Crippen LogP contribution in [0.2, 0.25) is 0 Å². The molecule has 0 aromatic carbocycles. The van der Waals surface area contributed by atoms with Gasteiger partial charge >= 0.3 is 5.97 Å². The molecule has 1 unspecified atom stereocenters. The van der Waals surface area contributed by atoms with Crippen LogP contribution in [0.3, 0.4) is 0 Å². The molecule has 0 aliphatic carbocycles. The fraction of sp³-hybridized carbons (Fsp3) is 0.833. The van der Waals surface area contributed by atoms with E-state index in [0.29, 0.717) is 0 Å². The maximum Gasteiger partial charge on any atom is 0.305 e. The Balaban J connectivity index is 2.98. The lowest BCUT2D eigenvalue weighted by molar-refractivity contribution is -0.138. The Bertz CT molecular complexity index is 99.9. The highest BCUT2D eigenvalue weighted by Gasteiger charge is 1.97. The standard InChI is InChI=1S/C6H12O4/c1-5(7)4-10-3-2-6(8)9/h5,7H,2-4H2,1H3,(H,8,9). The zero-order valence-electron chi connectivity index (χ0n) is 5.91. The number of hydrogen-bond acceptors (Lipinski definition) is 3. The molecule has 0 rings (SSSR count). The number of carboxylic acid groups (broad SMARTS) is 1. The van der Waals surface area contributed by atoms with Crippen molar-refractivity contribution in [1.29, 1.82) is 0 Å². The maximum atomic E-state index is 9.90. The third-order valence-electron chi connectivity index (χ3n) is 0.819. The van der Waals surface area contributed by atoms with Gasteiger partial charge in [0.1, 0.15) is 0 Å². The summed E-state index contributed by atoms with van der Waals surface area (Å²) in [5.41, 5.74) is 0. The minimum absolute atomic E-state index is 0.00722. The minimum Gasteiger partial charge on any atom is -0.481 e. The summed E-state index contributed by atoms with van der Waals surface area (Å²) in [5.74, 6) is -0.884. The zero-order chi connectivity index (χ0) is 7.98. The van der Waals surface area contributed by atoms with Crippen LogP contribution < -0.4 is 0 Å². The van der Waals surface area contributed by atoms with E-state index in [1.165, 1.54) is 0 Å². The Labute approximate surface area is 59.4 Å². The van der Waals surface area contributed by atoms with Crippen LogP contribution >= 0.6 is 0 Å². The Morgan fingerprint density at radius 1 is 1.70 bits per heavy atom. The largest absolute Gasteiger partial charge is 0.481 e. The number of hydrogen-bond donors (Lipinski definition) is 2. The lowest BCUT2D eigenvalue weighted by Crippen LogP contribution is -2.12. The molecule has 0 saturated heterocycles. The van der Waals surface area contributed by atoms with Crippen LogP contribution in [0.4, 0.5) is 0 Å². The van der Waals surface area contributed by atoms with E-state index in [2.05, 4.69) is 0 Å². The normalized spacial score (nSPS) is 13.0. The third-order valence-corrected chi connectivity index (χ3v) is 0.819. The fourth-order valence-corrected chi connectivity index (χ4v) is 0.413. The van der Waals surface area contributed by atoms with Crippen LogP contribution in [0, 0.1) is 0 Å². The third kappa shape index (κ3) is 7.39. The molecule has 0 aliphatic heterocycles. The quantitative estimate of drug-likeness (QED) is 0.532. The van der Waals surface area contributed by atoms with Gasteiger partial charge in [-0.2, -0.15) is 0 Å². The van der Waals surface area contributed by atoms with Gasteiger partial charge in [0.25, 0.3) is 0 Å². The summed E-state index contributed by atoms with van der Waals surface area (Å²) in [5, 5.41) is 16.8. The second-order valence-corrected chi connectivity index (χ2v) is 2.07. The van der Waals surface area contributed by atoms with E-state index in [1.807, 2.05) is 0 Å². The van der Waals surface area contributed by atoms with Gasteiger partial charge in [-0.25, -0.2) is 0 Å². The van der Waals surface area contributed by atoms with Crippen molar-refractivity contribution in [1.82, 2.24) is 0 Å². The van der Waals surface area contributed by atoms with E-state index in [9.17, 15) is 4.79 Å². The number of carboxylic acids is 1. The molecule has 0 fully saturated rings. The summed E-state index contributed by atoms with van der Waals surface area (Å²) in [6.45, 7) is 1.95. The van der Waals surface area contributed by atoms with E-state index in [-0.39, 0.29) is 19.6 Å². The van der Waals surface area contributed by atoms with Gasteiger partial charge in [0.05, 0.1) is 25.7 Å². The lowest BCUT2D eigenvalue weighted by Gasteiger charge is -2.03. The SMILES string of the molecule is CC(O)COCCC(=O)O. The number of aliphatic carboxylic acids is 1. The van der Waals surface area contributed by atoms with Crippen LogP contribution in [-0.4, -0.2) is 35.5 Å². The zero-order valence-corrected chi connectivity index (χ0v) is 5.91. The van der Waals surface area contributed by atoms with E-state index < -0.39 is 12.1 Å². The molecule has 4 heteroatoms. The van der Waals surface area contributed by atoms with Gasteiger partial charge in [0, 0.05) is 0 Å². The first-order valence-corrected chi connectivity index (χ1v) is 3.10. The number of ether oxygens (including phenoxy) is 1. The molecule has 0 aliphatic rings. The fourth-order valence-electron chi connectivity index (χ4n) is 0.413. The molecule has 2 N–H and O–H groups in total. The Morgan fingerprint density at radius 2 is 2.30 bits per heavy atom. The summed E-state index contributed by atoms with van der Waals surface area (Å²) >= 11 is 0. The molecule has 0 aromatic heterocycles. The molecule has 10 heavy (non-hydrogen) atoms. The van der Waals surface area contributed by atoms with Gasteiger partial charge in [-0.05, 0) is 6.92 Å².